The van der Waals surface area contributed by atoms with Crippen molar-refractivity contribution in [3.05, 3.63) is 54.1 Å². The van der Waals surface area contributed by atoms with E-state index in [2.05, 4.69) is 21.2 Å². The molecule has 0 bridgehead atoms. The number of carbonyl (C=O) groups excluding carboxylic acids is 2. The lowest BCUT2D eigenvalue weighted by atomic mass is 10.2. The van der Waals surface area contributed by atoms with Crippen molar-refractivity contribution in [3.63, 3.8) is 0 Å². The summed E-state index contributed by atoms with van der Waals surface area (Å²) in [6.07, 6.45) is 0.410. The molecule has 6 heteroatoms. The number of hydrogen-bond donors (Lipinski definition) is 1. The molecule has 1 heterocycles. The van der Waals surface area contributed by atoms with Crippen molar-refractivity contribution in [2.75, 3.05) is 41.3 Å². The van der Waals surface area contributed by atoms with Crippen LogP contribution in [0.1, 0.15) is 31.1 Å². The second-order valence-corrected chi connectivity index (χ2v) is 7.86. The fourth-order valence-corrected chi connectivity index (χ4v) is 3.19. The summed E-state index contributed by atoms with van der Waals surface area (Å²) in [6.45, 7) is 9.07. The van der Waals surface area contributed by atoms with Gasteiger partial charge >= 0.3 is 6.09 Å². The molecule has 2 aromatic rings. The van der Waals surface area contributed by atoms with Crippen molar-refractivity contribution in [3.8, 4) is 0 Å². The van der Waals surface area contributed by atoms with Crippen LogP contribution in [0.2, 0.25) is 0 Å². The molecule has 3 rings (SSSR count). The maximum Gasteiger partial charge on any atom is 0.412 e. The standard InChI is InChI=1S/C22H27N3O3/c1-22(2,3)28-21(27)23-18-5-4-6-20(15-18)25-13-11-24(12-14-25)19-9-7-17(16-26)8-10-19/h4-10,15-16H,11-14H2,1-3H3,(H,23,27). The van der Waals surface area contributed by atoms with Gasteiger partial charge in [0.05, 0.1) is 0 Å². The number of rotatable bonds is 4. The molecule has 0 aliphatic carbocycles. The van der Waals surface area contributed by atoms with E-state index in [1.807, 2.05) is 63.2 Å². The molecule has 0 unspecified atom stereocenters. The first-order valence-corrected chi connectivity index (χ1v) is 9.49. The first kappa shape index (κ1) is 19.7. The van der Waals surface area contributed by atoms with Gasteiger partial charge in [-0.1, -0.05) is 6.07 Å². The number of benzene rings is 2. The smallest absolute Gasteiger partial charge is 0.412 e. The summed E-state index contributed by atoms with van der Waals surface area (Å²) in [5.41, 5.74) is 3.09. The van der Waals surface area contributed by atoms with Gasteiger partial charge in [-0.25, -0.2) is 4.79 Å². The second-order valence-electron chi connectivity index (χ2n) is 7.86. The average Bonchev–Trinajstić information content (AvgIpc) is 2.67. The number of nitrogens with one attached hydrogen (secondary N) is 1. The van der Waals surface area contributed by atoms with E-state index >= 15 is 0 Å². The van der Waals surface area contributed by atoms with E-state index in [1.54, 1.807) is 0 Å². The van der Waals surface area contributed by atoms with Crippen molar-refractivity contribution < 1.29 is 14.3 Å². The van der Waals surface area contributed by atoms with E-state index in [9.17, 15) is 9.59 Å². The van der Waals surface area contributed by atoms with E-state index in [1.165, 1.54) is 0 Å². The first-order chi connectivity index (χ1) is 13.3. The number of aldehydes is 1. The van der Waals surface area contributed by atoms with Crippen LogP contribution >= 0.6 is 0 Å². The van der Waals surface area contributed by atoms with Gasteiger partial charge in [0.1, 0.15) is 11.9 Å². The molecule has 0 saturated carbocycles. The fourth-order valence-electron chi connectivity index (χ4n) is 3.19. The summed E-state index contributed by atoms with van der Waals surface area (Å²) in [5, 5.41) is 2.80. The summed E-state index contributed by atoms with van der Waals surface area (Å²) in [6, 6.07) is 15.5. The highest BCUT2D eigenvalue weighted by Gasteiger charge is 2.19. The van der Waals surface area contributed by atoms with Crippen LogP contribution in [0, 0.1) is 0 Å². The Morgan fingerprint density at radius 2 is 1.57 bits per heavy atom. The average molecular weight is 381 g/mol. The molecule has 1 fully saturated rings. The van der Waals surface area contributed by atoms with Crippen molar-refractivity contribution >= 4 is 29.4 Å². The topological polar surface area (TPSA) is 61.9 Å². The van der Waals surface area contributed by atoms with Gasteiger partial charge in [-0.15, -0.1) is 0 Å². The predicted molar refractivity (Wildman–Crippen MR) is 113 cm³/mol. The van der Waals surface area contributed by atoms with Gasteiger partial charge in [0.2, 0.25) is 0 Å². The Morgan fingerprint density at radius 1 is 0.964 bits per heavy atom. The van der Waals surface area contributed by atoms with Crippen LogP contribution in [0.5, 0.6) is 0 Å². The third kappa shape index (κ3) is 5.25. The van der Waals surface area contributed by atoms with Gasteiger partial charge in [0.15, 0.2) is 0 Å². The zero-order chi connectivity index (χ0) is 20.1. The zero-order valence-corrected chi connectivity index (χ0v) is 16.6. The highest BCUT2D eigenvalue weighted by atomic mass is 16.6. The maximum absolute atomic E-state index is 12.0. The molecule has 0 spiro atoms. The molecule has 1 amide bonds. The summed E-state index contributed by atoms with van der Waals surface area (Å²) in [5.74, 6) is 0. The normalized spacial score (nSPS) is 14.5. The highest BCUT2D eigenvalue weighted by molar-refractivity contribution is 5.85. The highest BCUT2D eigenvalue weighted by Crippen LogP contribution is 2.23. The van der Waals surface area contributed by atoms with E-state index in [0.29, 0.717) is 5.56 Å². The Morgan fingerprint density at radius 3 is 2.14 bits per heavy atom. The number of nitrogens with zero attached hydrogens (tertiary/aromatic N) is 2. The van der Waals surface area contributed by atoms with Gasteiger partial charge in [0, 0.05) is 48.8 Å². The third-order valence-corrected chi connectivity index (χ3v) is 4.53. The Hall–Kier alpha value is -3.02. The molecular weight excluding hydrogens is 354 g/mol. The largest absolute Gasteiger partial charge is 0.444 e. The lowest BCUT2D eigenvalue weighted by Crippen LogP contribution is -2.46. The predicted octanol–water partition coefficient (Wildman–Crippen LogP) is 4.17. The second kappa shape index (κ2) is 8.33. The summed E-state index contributed by atoms with van der Waals surface area (Å²) in [4.78, 5) is 27.4. The summed E-state index contributed by atoms with van der Waals surface area (Å²) in [7, 11) is 0. The van der Waals surface area contributed by atoms with Gasteiger partial charge in [0.25, 0.3) is 0 Å². The Bertz CT molecular complexity index is 820. The molecule has 1 N–H and O–H groups in total. The molecule has 1 aliphatic rings. The molecule has 6 nitrogen and oxygen atoms in total. The van der Waals surface area contributed by atoms with Crippen molar-refractivity contribution in [1.82, 2.24) is 0 Å². The molecule has 0 radical (unpaired) electrons. The molecule has 148 valence electrons. The minimum atomic E-state index is -0.526. The number of anilines is 3. The monoisotopic (exact) mass is 381 g/mol. The van der Waals surface area contributed by atoms with E-state index in [4.69, 9.17) is 4.74 Å². The Labute approximate surface area is 166 Å². The molecule has 2 aromatic carbocycles. The third-order valence-electron chi connectivity index (χ3n) is 4.53. The maximum atomic E-state index is 12.0. The molecule has 1 aliphatic heterocycles. The van der Waals surface area contributed by atoms with Crippen molar-refractivity contribution in [2.24, 2.45) is 0 Å². The zero-order valence-electron chi connectivity index (χ0n) is 16.6. The van der Waals surface area contributed by atoms with Crippen molar-refractivity contribution in [1.29, 1.82) is 0 Å². The quantitative estimate of drug-likeness (QED) is 0.806. The van der Waals surface area contributed by atoms with E-state index in [0.717, 1.165) is 49.5 Å². The van der Waals surface area contributed by atoms with Gasteiger partial charge < -0.3 is 14.5 Å². The summed E-state index contributed by atoms with van der Waals surface area (Å²) >= 11 is 0. The van der Waals surface area contributed by atoms with E-state index in [-0.39, 0.29) is 0 Å². The number of hydrogen-bond acceptors (Lipinski definition) is 5. The lowest BCUT2D eigenvalue weighted by molar-refractivity contribution is 0.0636. The van der Waals surface area contributed by atoms with Crippen molar-refractivity contribution in [2.45, 2.75) is 26.4 Å². The number of piperazine rings is 1. The Balaban J connectivity index is 1.59. The fraction of sp³-hybridized carbons (Fsp3) is 0.364. The molecule has 0 aromatic heterocycles. The Kier molecular flexibility index (Phi) is 5.87. The van der Waals surface area contributed by atoms with Crippen LogP contribution in [0.15, 0.2) is 48.5 Å². The number of ether oxygens (including phenoxy) is 1. The molecular formula is C22H27N3O3. The molecule has 0 atom stereocenters. The minimum absolute atomic E-state index is 0.451. The van der Waals surface area contributed by atoms with Crippen LogP contribution in [0.25, 0.3) is 0 Å². The van der Waals surface area contributed by atoms with Crippen LogP contribution in [0.4, 0.5) is 21.9 Å². The molecule has 1 saturated heterocycles. The van der Waals surface area contributed by atoms with Gasteiger partial charge in [-0.05, 0) is 63.2 Å². The first-order valence-electron chi connectivity index (χ1n) is 9.49. The summed E-state index contributed by atoms with van der Waals surface area (Å²) < 4.78 is 5.31. The van der Waals surface area contributed by atoms with Crippen LogP contribution < -0.4 is 15.1 Å². The lowest BCUT2D eigenvalue weighted by Gasteiger charge is -2.37. The van der Waals surface area contributed by atoms with Gasteiger partial charge in [-0.2, -0.15) is 0 Å². The minimum Gasteiger partial charge on any atom is -0.444 e. The number of carbonyl (C=O) groups is 2. The van der Waals surface area contributed by atoms with E-state index < -0.39 is 11.7 Å². The SMILES string of the molecule is CC(C)(C)OC(=O)Nc1cccc(N2CCN(c3ccc(C=O)cc3)CC2)c1. The van der Waals surface area contributed by atoms with Gasteiger partial charge in [-0.3, -0.25) is 10.1 Å². The van der Waals surface area contributed by atoms with Crippen LogP contribution in [-0.4, -0.2) is 44.2 Å². The van der Waals surface area contributed by atoms with Crippen LogP contribution in [-0.2, 0) is 4.74 Å². The van der Waals surface area contributed by atoms with Crippen LogP contribution in [0.3, 0.4) is 0 Å². The molecule has 28 heavy (non-hydrogen) atoms. The number of amides is 1.